The molecule has 2 N–H and O–H groups in total. The van der Waals surface area contributed by atoms with Crippen molar-refractivity contribution in [3.63, 3.8) is 0 Å². The second-order valence-electron chi connectivity index (χ2n) is 7.72. The zero-order valence-corrected chi connectivity index (χ0v) is 17.2. The number of nitrogens with zero attached hydrogens (tertiary/aromatic N) is 1. The first-order chi connectivity index (χ1) is 14.2. The Bertz CT molecular complexity index is 931. The van der Waals surface area contributed by atoms with Crippen LogP contribution in [0.1, 0.15) is 49.3 Å². The third-order valence-electron chi connectivity index (χ3n) is 5.72. The Hall–Kier alpha value is -2.50. The highest BCUT2D eigenvalue weighted by atomic mass is 32.1. The number of aliphatic hydroxyl groups excluding tert-OH is 1. The molecule has 0 spiro atoms. The number of aliphatic hydroxyl groups is 1. The van der Waals surface area contributed by atoms with Crippen molar-refractivity contribution in [3.8, 4) is 11.1 Å². The van der Waals surface area contributed by atoms with Gasteiger partial charge in [-0.25, -0.2) is 4.98 Å². The molecule has 1 heterocycles. The molecule has 1 fully saturated rings. The maximum Gasteiger partial charge on any atom is 0.233 e. The van der Waals surface area contributed by atoms with Crippen LogP contribution in [0.2, 0.25) is 0 Å². The second kappa shape index (κ2) is 9.33. The van der Waals surface area contributed by atoms with Crippen molar-refractivity contribution in [1.82, 2.24) is 4.98 Å². The van der Waals surface area contributed by atoms with E-state index in [1.54, 1.807) is 5.38 Å². The molecule has 0 bridgehead atoms. The minimum absolute atomic E-state index is 0.0109. The van der Waals surface area contributed by atoms with E-state index in [9.17, 15) is 9.90 Å². The largest absolute Gasteiger partial charge is 0.390 e. The third kappa shape index (κ3) is 4.92. The number of hydrogen-bond donors (Lipinski definition) is 2. The van der Waals surface area contributed by atoms with E-state index < -0.39 is 0 Å². The van der Waals surface area contributed by atoms with Crippen LogP contribution in [0.5, 0.6) is 0 Å². The number of anilines is 1. The summed E-state index contributed by atoms with van der Waals surface area (Å²) in [4.78, 5) is 17.4. The van der Waals surface area contributed by atoms with Gasteiger partial charge >= 0.3 is 0 Å². The summed E-state index contributed by atoms with van der Waals surface area (Å²) in [6.45, 7) is -0.112. The van der Waals surface area contributed by atoms with Crippen LogP contribution in [-0.4, -0.2) is 16.0 Å². The van der Waals surface area contributed by atoms with Gasteiger partial charge in [-0.1, -0.05) is 80.3 Å². The normalized spacial score (nSPS) is 15.3. The van der Waals surface area contributed by atoms with Gasteiger partial charge in [0.15, 0.2) is 5.13 Å². The minimum Gasteiger partial charge on any atom is -0.390 e. The fourth-order valence-corrected chi connectivity index (χ4v) is 4.85. The summed E-state index contributed by atoms with van der Waals surface area (Å²) >= 11 is 1.35. The zero-order chi connectivity index (χ0) is 20.1. The van der Waals surface area contributed by atoms with Gasteiger partial charge in [-0.2, -0.15) is 0 Å². The van der Waals surface area contributed by atoms with Crippen LogP contribution in [0.25, 0.3) is 11.1 Å². The average Bonchev–Trinajstić information content (AvgIpc) is 3.44. The van der Waals surface area contributed by atoms with Crippen LogP contribution in [0, 0.1) is 5.92 Å². The van der Waals surface area contributed by atoms with Gasteiger partial charge in [0, 0.05) is 5.38 Å². The van der Waals surface area contributed by atoms with E-state index in [1.807, 2.05) is 18.2 Å². The molecule has 4 nitrogen and oxygen atoms in total. The molecule has 0 saturated heterocycles. The topological polar surface area (TPSA) is 62.2 Å². The lowest BCUT2D eigenvalue weighted by molar-refractivity contribution is -0.118. The van der Waals surface area contributed by atoms with Gasteiger partial charge in [0.25, 0.3) is 0 Å². The van der Waals surface area contributed by atoms with E-state index in [0.717, 1.165) is 17.5 Å². The number of amides is 1. The van der Waals surface area contributed by atoms with Crippen molar-refractivity contribution in [2.24, 2.45) is 5.92 Å². The van der Waals surface area contributed by atoms with E-state index in [4.69, 9.17) is 0 Å². The Balaban J connectivity index is 1.55. The van der Waals surface area contributed by atoms with Crippen molar-refractivity contribution < 1.29 is 9.90 Å². The Morgan fingerprint density at radius 1 is 1.07 bits per heavy atom. The molecule has 0 aliphatic heterocycles. The van der Waals surface area contributed by atoms with E-state index in [-0.39, 0.29) is 18.4 Å². The van der Waals surface area contributed by atoms with Gasteiger partial charge in [0.1, 0.15) is 0 Å². The predicted octanol–water partition coefficient (Wildman–Crippen LogP) is 5.61. The quantitative estimate of drug-likeness (QED) is 0.536. The number of benzene rings is 2. The lowest BCUT2D eigenvalue weighted by atomic mass is 9.86. The van der Waals surface area contributed by atoms with Gasteiger partial charge in [0.05, 0.1) is 18.2 Å². The number of nitrogens with one attached hydrogen (secondary N) is 1. The van der Waals surface area contributed by atoms with Crippen molar-refractivity contribution in [2.45, 2.75) is 44.6 Å². The van der Waals surface area contributed by atoms with Crippen molar-refractivity contribution in [3.05, 3.63) is 71.2 Å². The van der Waals surface area contributed by atoms with Crippen LogP contribution in [0.3, 0.4) is 0 Å². The first kappa shape index (κ1) is 19.8. The number of rotatable bonds is 7. The Labute approximate surface area is 175 Å². The molecule has 2 aromatic carbocycles. The molecule has 1 atom stereocenters. The number of aromatic nitrogens is 1. The molecule has 1 aromatic heterocycles. The lowest BCUT2D eigenvalue weighted by Crippen LogP contribution is -2.23. The molecule has 1 aliphatic rings. The second-order valence-corrected chi connectivity index (χ2v) is 8.58. The summed E-state index contributed by atoms with van der Waals surface area (Å²) in [7, 11) is 0. The average molecular weight is 407 g/mol. The SMILES string of the molecule is O=C(Nc1nc(CO)cs1)C(CC1CCCC1)c1ccc(-c2ccccc2)cc1. The summed E-state index contributed by atoms with van der Waals surface area (Å²) < 4.78 is 0. The number of thiazole rings is 1. The number of hydrogen-bond acceptors (Lipinski definition) is 4. The lowest BCUT2D eigenvalue weighted by Gasteiger charge is -2.20. The standard InChI is InChI=1S/C24H26N2O2S/c27-15-21-16-29-24(25-21)26-23(28)22(14-17-6-4-5-7-17)20-12-10-19(11-13-20)18-8-2-1-3-9-18/h1-3,8-13,16-17,22,27H,4-7,14-15H2,(H,25,26,28). The van der Waals surface area contributed by atoms with Crippen LogP contribution in [-0.2, 0) is 11.4 Å². The van der Waals surface area contributed by atoms with Crippen molar-refractivity contribution in [2.75, 3.05) is 5.32 Å². The van der Waals surface area contributed by atoms with Gasteiger partial charge in [-0.05, 0) is 29.0 Å². The fourth-order valence-electron chi connectivity index (χ4n) is 4.14. The summed E-state index contributed by atoms with van der Waals surface area (Å²) in [5.41, 5.74) is 3.97. The molecule has 1 amide bonds. The summed E-state index contributed by atoms with van der Waals surface area (Å²) in [5, 5.41) is 14.5. The van der Waals surface area contributed by atoms with E-state index in [2.05, 4.69) is 46.7 Å². The van der Waals surface area contributed by atoms with Gasteiger partial charge < -0.3 is 10.4 Å². The molecular weight excluding hydrogens is 380 g/mol. The van der Waals surface area contributed by atoms with Gasteiger partial charge in [-0.15, -0.1) is 11.3 Å². The summed E-state index contributed by atoms with van der Waals surface area (Å²) in [6.07, 6.45) is 5.81. The zero-order valence-electron chi connectivity index (χ0n) is 16.4. The first-order valence-electron chi connectivity index (χ1n) is 10.2. The highest BCUT2D eigenvalue weighted by molar-refractivity contribution is 7.13. The smallest absolute Gasteiger partial charge is 0.233 e. The molecule has 4 rings (SSSR count). The summed E-state index contributed by atoms with van der Waals surface area (Å²) in [5.74, 6) is 0.399. The highest BCUT2D eigenvalue weighted by Gasteiger charge is 2.27. The maximum absolute atomic E-state index is 13.1. The molecule has 29 heavy (non-hydrogen) atoms. The van der Waals surface area contributed by atoms with Gasteiger partial charge in [-0.3, -0.25) is 4.79 Å². The van der Waals surface area contributed by atoms with Crippen LogP contribution < -0.4 is 5.32 Å². The Morgan fingerprint density at radius 3 is 2.41 bits per heavy atom. The molecule has 3 aromatic rings. The molecule has 5 heteroatoms. The molecule has 1 saturated carbocycles. The monoisotopic (exact) mass is 406 g/mol. The van der Waals surface area contributed by atoms with Crippen LogP contribution in [0.4, 0.5) is 5.13 Å². The van der Waals surface area contributed by atoms with E-state index >= 15 is 0 Å². The molecule has 1 aliphatic carbocycles. The Morgan fingerprint density at radius 2 is 1.76 bits per heavy atom. The Kier molecular flexibility index (Phi) is 6.37. The molecular formula is C24H26N2O2S. The molecule has 0 radical (unpaired) electrons. The summed E-state index contributed by atoms with van der Waals surface area (Å²) in [6, 6.07) is 18.7. The van der Waals surface area contributed by atoms with E-state index in [0.29, 0.717) is 16.7 Å². The molecule has 150 valence electrons. The van der Waals surface area contributed by atoms with Crippen LogP contribution in [0.15, 0.2) is 60.0 Å². The maximum atomic E-state index is 13.1. The minimum atomic E-state index is -0.190. The van der Waals surface area contributed by atoms with Gasteiger partial charge in [0.2, 0.25) is 5.91 Å². The van der Waals surface area contributed by atoms with Crippen molar-refractivity contribution in [1.29, 1.82) is 0 Å². The first-order valence-corrected chi connectivity index (χ1v) is 11.1. The fraction of sp³-hybridized carbons (Fsp3) is 0.333. The van der Waals surface area contributed by atoms with E-state index in [1.165, 1.54) is 42.6 Å². The van der Waals surface area contributed by atoms with Crippen LogP contribution >= 0.6 is 11.3 Å². The highest BCUT2D eigenvalue weighted by Crippen LogP contribution is 2.35. The predicted molar refractivity (Wildman–Crippen MR) is 118 cm³/mol. The number of carbonyl (C=O) groups is 1. The number of carbonyl (C=O) groups excluding carboxylic acids is 1. The molecule has 1 unspecified atom stereocenters. The van der Waals surface area contributed by atoms with Crippen molar-refractivity contribution >= 4 is 22.4 Å². The third-order valence-corrected chi connectivity index (χ3v) is 6.53.